The first kappa shape index (κ1) is 15.1. The van der Waals surface area contributed by atoms with Gasteiger partial charge in [0.2, 0.25) is 5.91 Å². The van der Waals surface area contributed by atoms with Crippen molar-refractivity contribution in [2.75, 3.05) is 6.54 Å². The SMILES string of the molecule is NC(=S)C(Cc1ccccc1)C(=O)NCCc1ncn[nH]1. The Morgan fingerprint density at radius 2 is 2.14 bits per heavy atom. The summed E-state index contributed by atoms with van der Waals surface area (Å²) >= 11 is 5.01. The Labute approximate surface area is 128 Å². The summed E-state index contributed by atoms with van der Waals surface area (Å²) in [6.45, 7) is 0.460. The van der Waals surface area contributed by atoms with Gasteiger partial charge >= 0.3 is 0 Å². The van der Waals surface area contributed by atoms with E-state index >= 15 is 0 Å². The van der Waals surface area contributed by atoms with E-state index in [1.54, 1.807) is 0 Å². The van der Waals surface area contributed by atoms with Crippen molar-refractivity contribution in [3.63, 3.8) is 0 Å². The van der Waals surface area contributed by atoms with E-state index in [4.69, 9.17) is 18.0 Å². The third-order valence-corrected chi connectivity index (χ3v) is 3.35. The molecule has 0 radical (unpaired) electrons. The molecule has 0 saturated carbocycles. The second kappa shape index (κ2) is 7.49. The van der Waals surface area contributed by atoms with Crippen LogP contribution in [0.5, 0.6) is 0 Å². The van der Waals surface area contributed by atoms with Crippen molar-refractivity contribution in [1.29, 1.82) is 0 Å². The third-order valence-electron chi connectivity index (χ3n) is 3.07. The van der Waals surface area contributed by atoms with E-state index in [0.717, 1.165) is 11.4 Å². The second-order valence-corrected chi connectivity index (χ2v) is 5.09. The maximum atomic E-state index is 12.2. The Bertz CT molecular complexity index is 585. The van der Waals surface area contributed by atoms with E-state index in [0.29, 0.717) is 19.4 Å². The molecule has 110 valence electrons. The van der Waals surface area contributed by atoms with Crippen LogP contribution in [0.15, 0.2) is 36.7 Å². The molecule has 2 aromatic rings. The van der Waals surface area contributed by atoms with Gasteiger partial charge in [0.05, 0.1) is 10.9 Å². The fraction of sp³-hybridized carbons (Fsp3) is 0.286. The normalized spacial score (nSPS) is 11.8. The number of thiocarbonyl (C=S) groups is 1. The first-order valence-corrected chi connectivity index (χ1v) is 7.03. The van der Waals surface area contributed by atoms with Crippen molar-refractivity contribution in [3.05, 3.63) is 48.0 Å². The molecule has 0 aliphatic carbocycles. The van der Waals surface area contributed by atoms with Crippen LogP contribution in [0.25, 0.3) is 0 Å². The molecule has 1 unspecified atom stereocenters. The van der Waals surface area contributed by atoms with E-state index in [-0.39, 0.29) is 10.9 Å². The number of H-pyrrole nitrogens is 1. The predicted molar refractivity (Wildman–Crippen MR) is 83.5 cm³/mol. The summed E-state index contributed by atoms with van der Waals surface area (Å²) in [5.41, 5.74) is 6.72. The predicted octanol–water partition coefficient (Wildman–Crippen LogP) is 0.608. The second-order valence-electron chi connectivity index (χ2n) is 4.62. The van der Waals surface area contributed by atoms with Crippen molar-refractivity contribution < 1.29 is 4.79 Å². The van der Waals surface area contributed by atoms with E-state index in [1.807, 2.05) is 30.3 Å². The van der Waals surface area contributed by atoms with Gasteiger partial charge in [-0.05, 0) is 12.0 Å². The van der Waals surface area contributed by atoms with Crippen molar-refractivity contribution in [2.45, 2.75) is 12.8 Å². The molecular weight excluding hydrogens is 286 g/mol. The molecule has 1 atom stereocenters. The maximum absolute atomic E-state index is 12.2. The number of rotatable bonds is 7. The molecule has 1 heterocycles. The van der Waals surface area contributed by atoms with Crippen LogP contribution in [-0.2, 0) is 17.6 Å². The van der Waals surface area contributed by atoms with E-state index in [9.17, 15) is 4.79 Å². The minimum absolute atomic E-state index is 0.161. The number of carbonyl (C=O) groups excluding carboxylic acids is 1. The van der Waals surface area contributed by atoms with Gasteiger partial charge in [0.25, 0.3) is 0 Å². The summed E-state index contributed by atoms with van der Waals surface area (Å²) in [7, 11) is 0. The number of carbonyl (C=O) groups is 1. The first-order chi connectivity index (χ1) is 10.2. The fourth-order valence-corrected chi connectivity index (χ4v) is 2.14. The van der Waals surface area contributed by atoms with Crippen LogP contribution in [-0.4, -0.2) is 32.6 Å². The highest BCUT2D eigenvalue weighted by Gasteiger charge is 2.21. The molecule has 0 aliphatic heterocycles. The molecular formula is C14H17N5OS. The molecule has 6 nitrogen and oxygen atoms in total. The molecule has 4 N–H and O–H groups in total. The lowest BCUT2D eigenvalue weighted by atomic mass is 9.98. The van der Waals surface area contributed by atoms with Crippen LogP contribution in [0.2, 0.25) is 0 Å². The Morgan fingerprint density at radius 1 is 1.38 bits per heavy atom. The van der Waals surface area contributed by atoms with E-state index in [1.165, 1.54) is 6.33 Å². The number of aromatic amines is 1. The summed E-state index contributed by atoms with van der Waals surface area (Å²) in [5.74, 6) is 0.0632. The lowest BCUT2D eigenvalue weighted by Gasteiger charge is -2.15. The van der Waals surface area contributed by atoms with Gasteiger partial charge in [0, 0.05) is 13.0 Å². The molecule has 2 rings (SSSR count). The minimum Gasteiger partial charge on any atom is -0.393 e. The van der Waals surface area contributed by atoms with Crippen molar-refractivity contribution in [2.24, 2.45) is 11.7 Å². The number of nitrogens with two attached hydrogens (primary N) is 1. The molecule has 0 spiro atoms. The van der Waals surface area contributed by atoms with Crippen molar-refractivity contribution in [3.8, 4) is 0 Å². The monoisotopic (exact) mass is 303 g/mol. The average Bonchev–Trinajstić information content (AvgIpc) is 2.98. The molecule has 1 aromatic carbocycles. The zero-order valence-electron chi connectivity index (χ0n) is 11.5. The molecule has 21 heavy (non-hydrogen) atoms. The van der Waals surface area contributed by atoms with E-state index < -0.39 is 5.92 Å². The highest BCUT2D eigenvalue weighted by Crippen LogP contribution is 2.09. The zero-order chi connectivity index (χ0) is 15.1. The molecule has 0 saturated heterocycles. The van der Waals surface area contributed by atoms with Gasteiger partial charge in [-0.25, -0.2) is 4.98 Å². The number of nitrogens with zero attached hydrogens (tertiary/aromatic N) is 2. The number of hydrogen-bond acceptors (Lipinski definition) is 4. The molecule has 1 aromatic heterocycles. The van der Waals surface area contributed by atoms with Crippen LogP contribution in [0.4, 0.5) is 0 Å². The number of benzene rings is 1. The van der Waals surface area contributed by atoms with Gasteiger partial charge in [0.1, 0.15) is 12.2 Å². The van der Waals surface area contributed by atoms with Gasteiger partial charge < -0.3 is 11.1 Å². The standard InChI is InChI=1S/C14H17N5OS/c15-13(21)11(8-10-4-2-1-3-5-10)14(20)16-7-6-12-17-9-18-19-12/h1-5,9,11H,6-8H2,(H2,15,21)(H,16,20)(H,17,18,19). The van der Waals surface area contributed by atoms with Gasteiger partial charge in [-0.15, -0.1) is 0 Å². The molecule has 7 heteroatoms. The molecule has 0 aliphatic rings. The number of aromatic nitrogens is 3. The fourth-order valence-electron chi connectivity index (χ4n) is 1.95. The van der Waals surface area contributed by atoms with Crippen LogP contribution in [0.1, 0.15) is 11.4 Å². The topological polar surface area (TPSA) is 96.7 Å². The number of hydrogen-bond donors (Lipinski definition) is 3. The summed E-state index contributed by atoms with van der Waals surface area (Å²) in [6, 6.07) is 9.68. The third kappa shape index (κ3) is 4.64. The summed E-state index contributed by atoms with van der Waals surface area (Å²) in [5, 5.41) is 9.32. The highest BCUT2D eigenvalue weighted by atomic mass is 32.1. The largest absolute Gasteiger partial charge is 0.393 e. The van der Waals surface area contributed by atoms with Gasteiger partial charge in [-0.1, -0.05) is 42.5 Å². The minimum atomic E-state index is -0.503. The zero-order valence-corrected chi connectivity index (χ0v) is 12.3. The van der Waals surface area contributed by atoms with Crippen LogP contribution in [0.3, 0.4) is 0 Å². The Hall–Kier alpha value is -2.28. The lowest BCUT2D eigenvalue weighted by Crippen LogP contribution is -2.40. The average molecular weight is 303 g/mol. The van der Waals surface area contributed by atoms with Crippen LogP contribution >= 0.6 is 12.2 Å². The highest BCUT2D eigenvalue weighted by molar-refractivity contribution is 7.80. The van der Waals surface area contributed by atoms with E-state index in [2.05, 4.69) is 20.5 Å². The summed E-state index contributed by atoms with van der Waals surface area (Å²) in [6.07, 6.45) is 2.52. The van der Waals surface area contributed by atoms with Crippen molar-refractivity contribution >= 4 is 23.1 Å². The summed E-state index contributed by atoms with van der Waals surface area (Å²) < 4.78 is 0. The Kier molecular flexibility index (Phi) is 5.39. The van der Waals surface area contributed by atoms with Crippen LogP contribution in [0, 0.1) is 5.92 Å². The first-order valence-electron chi connectivity index (χ1n) is 6.62. The quantitative estimate of drug-likeness (QED) is 0.651. The number of amides is 1. The maximum Gasteiger partial charge on any atom is 0.230 e. The Balaban J connectivity index is 1.88. The Morgan fingerprint density at radius 3 is 2.76 bits per heavy atom. The number of nitrogens with one attached hydrogen (secondary N) is 2. The van der Waals surface area contributed by atoms with Gasteiger partial charge in [-0.3, -0.25) is 9.89 Å². The van der Waals surface area contributed by atoms with Gasteiger partial charge in [0.15, 0.2) is 0 Å². The van der Waals surface area contributed by atoms with Crippen molar-refractivity contribution in [1.82, 2.24) is 20.5 Å². The molecule has 1 amide bonds. The van der Waals surface area contributed by atoms with Crippen LogP contribution < -0.4 is 11.1 Å². The summed E-state index contributed by atoms with van der Waals surface area (Å²) in [4.78, 5) is 16.4. The van der Waals surface area contributed by atoms with Gasteiger partial charge in [-0.2, -0.15) is 5.10 Å². The smallest absolute Gasteiger partial charge is 0.230 e. The molecule has 0 bridgehead atoms. The lowest BCUT2D eigenvalue weighted by molar-refractivity contribution is -0.122. The molecule has 0 fully saturated rings.